The molecule has 0 spiro atoms. The van der Waals surface area contributed by atoms with E-state index in [1.807, 2.05) is 18.7 Å². The largest absolute Gasteiger partial charge is 0.392 e. The first-order valence-electron chi connectivity index (χ1n) is 6.38. The number of aliphatic hydroxyl groups is 1. The number of hydrogen-bond acceptors (Lipinski definition) is 3. The van der Waals surface area contributed by atoms with Gasteiger partial charge in [-0.25, -0.2) is 0 Å². The number of carbonyl (C=O) groups excluding carboxylic acids is 1. The van der Waals surface area contributed by atoms with Gasteiger partial charge in [0.2, 0.25) is 5.91 Å². The minimum Gasteiger partial charge on any atom is -0.392 e. The number of nitrogens with zero attached hydrogens (tertiary/aromatic N) is 1. The quantitative estimate of drug-likeness (QED) is 0.705. The van der Waals surface area contributed by atoms with Crippen LogP contribution < -0.4 is 5.32 Å². The highest BCUT2D eigenvalue weighted by Gasteiger charge is 2.24. The Labute approximate surface area is 98.0 Å². The lowest BCUT2D eigenvalue weighted by molar-refractivity contribution is -0.130. The fourth-order valence-corrected chi connectivity index (χ4v) is 2.28. The summed E-state index contributed by atoms with van der Waals surface area (Å²) < 4.78 is 0. The van der Waals surface area contributed by atoms with E-state index in [1.165, 1.54) is 0 Å². The normalized spacial score (nSPS) is 24.7. The minimum absolute atomic E-state index is 0.199. The number of nitrogens with one attached hydrogen (secondary N) is 1. The molecular weight excluding hydrogens is 204 g/mol. The van der Waals surface area contributed by atoms with Gasteiger partial charge in [0, 0.05) is 32.1 Å². The van der Waals surface area contributed by atoms with Crippen molar-refractivity contribution in [1.82, 2.24) is 10.2 Å². The molecule has 0 radical (unpaired) electrons. The molecule has 0 unspecified atom stereocenters. The van der Waals surface area contributed by atoms with Gasteiger partial charge in [-0.1, -0.05) is 0 Å². The first kappa shape index (κ1) is 13.5. The molecular formula is C12H24N2O2. The van der Waals surface area contributed by atoms with E-state index in [9.17, 15) is 9.90 Å². The average molecular weight is 228 g/mol. The molecule has 0 bridgehead atoms. The summed E-state index contributed by atoms with van der Waals surface area (Å²) in [4.78, 5) is 13.5. The van der Waals surface area contributed by atoms with Crippen molar-refractivity contribution in [2.24, 2.45) is 0 Å². The van der Waals surface area contributed by atoms with Gasteiger partial charge >= 0.3 is 0 Å². The summed E-state index contributed by atoms with van der Waals surface area (Å²) in [5.41, 5.74) is 0. The number of carbonyl (C=O) groups is 1. The van der Waals surface area contributed by atoms with Crippen LogP contribution in [0.25, 0.3) is 0 Å². The van der Waals surface area contributed by atoms with Crippen LogP contribution in [0.1, 0.15) is 39.5 Å². The van der Waals surface area contributed by atoms with Crippen LogP contribution in [0.2, 0.25) is 0 Å². The van der Waals surface area contributed by atoms with Crippen LogP contribution in [0.15, 0.2) is 0 Å². The van der Waals surface area contributed by atoms with Crippen molar-refractivity contribution >= 4 is 5.91 Å². The Balaban J connectivity index is 2.17. The van der Waals surface area contributed by atoms with E-state index in [4.69, 9.17) is 0 Å². The smallest absolute Gasteiger partial charge is 0.223 e. The van der Waals surface area contributed by atoms with Gasteiger partial charge in [-0.2, -0.15) is 0 Å². The van der Waals surface area contributed by atoms with Crippen LogP contribution in [0.3, 0.4) is 0 Å². The third-order valence-corrected chi connectivity index (χ3v) is 3.34. The van der Waals surface area contributed by atoms with E-state index in [1.54, 1.807) is 0 Å². The Morgan fingerprint density at radius 1 is 1.38 bits per heavy atom. The third-order valence-electron chi connectivity index (χ3n) is 3.34. The molecule has 1 fully saturated rings. The molecule has 4 nitrogen and oxygen atoms in total. The monoisotopic (exact) mass is 228 g/mol. The van der Waals surface area contributed by atoms with Crippen LogP contribution in [-0.2, 0) is 4.79 Å². The second-order valence-corrected chi connectivity index (χ2v) is 4.37. The second-order valence-electron chi connectivity index (χ2n) is 4.37. The van der Waals surface area contributed by atoms with Crippen LogP contribution in [0.5, 0.6) is 0 Å². The van der Waals surface area contributed by atoms with Crippen molar-refractivity contribution < 1.29 is 9.90 Å². The highest BCUT2D eigenvalue weighted by Crippen LogP contribution is 2.18. The van der Waals surface area contributed by atoms with Crippen molar-refractivity contribution in [1.29, 1.82) is 0 Å². The van der Waals surface area contributed by atoms with Crippen molar-refractivity contribution in [3.05, 3.63) is 0 Å². The van der Waals surface area contributed by atoms with Gasteiger partial charge in [0.1, 0.15) is 0 Å². The summed E-state index contributed by atoms with van der Waals surface area (Å²) in [5.74, 6) is 0.199. The zero-order valence-corrected chi connectivity index (χ0v) is 10.4. The predicted octanol–water partition coefficient (Wildman–Crippen LogP) is 0.748. The molecule has 0 aromatic carbocycles. The lowest BCUT2D eigenvalue weighted by Gasteiger charge is -2.20. The standard InChI is InChI=1S/C12H24N2O2/c1-3-14(4-2)12(16)8-9-13-10-6-5-7-11(10)15/h10-11,13,15H,3-9H2,1-2H3/t10-,11-/m1/s1. The molecule has 2 N–H and O–H groups in total. The fraction of sp³-hybridized carbons (Fsp3) is 0.917. The molecule has 2 atom stereocenters. The molecule has 16 heavy (non-hydrogen) atoms. The van der Waals surface area contributed by atoms with E-state index in [2.05, 4.69) is 5.32 Å². The van der Waals surface area contributed by atoms with E-state index in [0.717, 1.165) is 32.4 Å². The van der Waals surface area contributed by atoms with Crippen LogP contribution in [-0.4, -0.2) is 47.7 Å². The van der Waals surface area contributed by atoms with Gasteiger partial charge in [-0.3, -0.25) is 4.79 Å². The summed E-state index contributed by atoms with van der Waals surface area (Å²) in [6.45, 7) is 6.23. The molecule has 0 heterocycles. The van der Waals surface area contributed by atoms with Gasteiger partial charge in [0.25, 0.3) is 0 Å². The molecule has 0 aromatic rings. The first-order valence-corrected chi connectivity index (χ1v) is 6.38. The van der Waals surface area contributed by atoms with Crippen molar-refractivity contribution in [3.63, 3.8) is 0 Å². The van der Waals surface area contributed by atoms with Crippen LogP contribution in [0.4, 0.5) is 0 Å². The Kier molecular flexibility index (Phi) is 5.77. The van der Waals surface area contributed by atoms with E-state index in [0.29, 0.717) is 13.0 Å². The number of aliphatic hydroxyl groups excluding tert-OH is 1. The highest BCUT2D eigenvalue weighted by molar-refractivity contribution is 5.76. The topological polar surface area (TPSA) is 52.6 Å². The maximum atomic E-state index is 11.7. The minimum atomic E-state index is -0.219. The third kappa shape index (κ3) is 3.76. The van der Waals surface area contributed by atoms with E-state index < -0.39 is 0 Å². The lowest BCUT2D eigenvalue weighted by atomic mass is 10.2. The molecule has 4 heteroatoms. The second kappa shape index (κ2) is 6.86. The van der Waals surface area contributed by atoms with Gasteiger partial charge in [0.05, 0.1) is 6.10 Å². The average Bonchev–Trinajstić information content (AvgIpc) is 2.66. The van der Waals surface area contributed by atoms with Gasteiger partial charge in [-0.05, 0) is 33.1 Å². The molecule has 1 saturated carbocycles. The number of rotatable bonds is 6. The molecule has 1 amide bonds. The summed E-state index contributed by atoms with van der Waals surface area (Å²) >= 11 is 0. The molecule has 0 aromatic heterocycles. The van der Waals surface area contributed by atoms with Gasteiger partial charge in [0.15, 0.2) is 0 Å². The predicted molar refractivity (Wildman–Crippen MR) is 64.2 cm³/mol. The molecule has 0 aliphatic heterocycles. The SMILES string of the molecule is CCN(CC)C(=O)CCN[C@@H]1CCC[C@H]1O. The summed E-state index contributed by atoms with van der Waals surface area (Å²) in [5, 5.41) is 12.9. The van der Waals surface area contributed by atoms with E-state index >= 15 is 0 Å². The molecule has 1 aliphatic carbocycles. The Morgan fingerprint density at radius 3 is 2.56 bits per heavy atom. The van der Waals surface area contributed by atoms with Crippen LogP contribution >= 0.6 is 0 Å². The Morgan fingerprint density at radius 2 is 2.06 bits per heavy atom. The number of amides is 1. The zero-order valence-electron chi connectivity index (χ0n) is 10.4. The first-order chi connectivity index (χ1) is 7.69. The number of hydrogen-bond donors (Lipinski definition) is 2. The summed E-state index contributed by atoms with van der Waals surface area (Å²) in [6, 6.07) is 0.199. The van der Waals surface area contributed by atoms with Crippen molar-refractivity contribution in [2.75, 3.05) is 19.6 Å². The Hall–Kier alpha value is -0.610. The summed E-state index contributed by atoms with van der Waals surface area (Å²) in [6.07, 6.45) is 3.32. The molecule has 0 saturated heterocycles. The van der Waals surface area contributed by atoms with Crippen LogP contribution in [0, 0.1) is 0 Å². The maximum absolute atomic E-state index is 11.7. The van der Waals surface area contributed by atoms with E-state index in [-0.39, 0.29) is 18.1 Å². The van der Waals surface area contributed by atoms with Gasteiger partial charge < -0.3 is 15.3 Å². The maximum Gasteiger partial charge on any atom is 0.223 e. The lowest BCUT2D eigenvalue weighted by Crippen LogP contribution is -2.39. The zero-order chi connectivity index (χ0) is 12.0. The molecule has 1 aliphatic rings. The highest BCUT2D eigenvalue weighted by atomic mass is 16.3. The molecule has 94 valence electrons. The molecule has 1 rings (SSSR count). The van der Waals surface area contributed by atoms with Crippen molar-refractivity contribution in [2.45, 2.75) is 51.7 Å². The fourth-order valence-electron chi connectivity index (χ4n) is 2.28. The van der Waals surface area contributed by atoms with Gasteiger partial charge in [-0.15, -0.1) is 0 Å². The summed E-state index contributed by atoms with van der Waals surface area (Å²) in [7, 11) is 0. The van der Waals surface area contributed by atoms with Crippen molar-refractivity contribution in [3.8, 4) is 0 Å². The Bertz CT molecular complexity index is 217.